The average Bonchev–Trinajstić information content (AvgIpc) is 2.39. The van der Waals surface area contributed by atoms with E-state index in [-0.39, 0.29) is 12.2 Å². The van der Waals surface area contributed by atoms with Gasteiger partial charge in [-0.2, -0.15) is 0 Å². The number of carboxylic acids is 1. The van der Waals surface area contributed by atoms with Gasteiger partial charge in [-0.05, 0) is 24.6 Å². The summed E-state index contributed by atoms with van der Waals surface area (Å²) in [7, 11) is 0. The summed E-state index contributed by atoms with van der Waals surface area (Å²) in [5.41, 5.74) is 0.933. The second-order valence-corrected chi connectivity index (χ2v) is 4.09. The summed E-state index contributed by atoms with van der Waals surface area (Å²) in [5.74, 6) is -0.648. The van der Waals surface area contributed by atoms with E-state index in [1.54, 1.807) is 30.5 Å². The highest BCUT2D eigenvalue weighted by atomic mass is 19.1. The third kappa shape index (κ3) is 3.58. The Kier molecular flexibility index (Phi) is 4.18. The summed E-state index contributed by atoms with van der Waals surface area (Å²) < 4.78 is 13.6. The number of nitrogens with zero attached hydrogens (tertiary/aromatic N) is 2. The van der Waals surface area contributed by atoms with E-state index in [2.05, 4.69) is 9.97 Å². The van der Waals surface area contributed by atoms with Gasteiger partial charge in [0.05, 0.1) is 5.69 Å². The largest absolute Gasteiger partial charge is 0.481 e. The zero-order chi connectivity index (χ0) is 13.7. The quantitative estimate of drug-likeness (QED) is 0.897. The molecule has 0 saturated carbocycles. The Labute approximate surface area is 110 Å². The van der Waals surface area contributed by atoms with E-state index >= 15 is 0 Å². The van der Waals surface area contributed by atoms with Crippen molar-refractivity contribution >= 4 is 5.97 Å². The highest BCUT2D eigenvalue weighted by Crippen LogP contribution is 2.20. The number of hydrogen-bond donors (Lipinski definition) is 1. The number of aliphatic carboxylic acids is 1. The average molecular weight is 260 g/mol. The van der Waals surface area contributed by atoms with Gasteiger partial charge in [-0.15, -0.1) is 0 Å². The number of carbonyl (C=O) groups is 1. The summed E-state index contributed by atoms with van der Waals surface area (Å²) in [5, 5.41) is 8.57. The van der Waals surface area contributed by atoms with Gasteiger partial charge in [0, 0.05) is 24.6 Å². The molecule has 0 unspecified atom stereocenters. The van der Waals surface area contributed by atoms with Crippen LogP contribution in [0.1, 0.15) is 18.7 Å². The highest BCUT2D eigenvalue weighted by molar-refractivity contribution is 5.66. The van der Waals surface area contributed by atoms with Crippen LogP contribution in [0.5, 0.6) is 0 Å². The van der Waals surface area contributed by atoms with Crippen LogP contribution in [0.25, 0.3) is 11.3 Å². The molecule has 1 aromatic carbocycles. The monoisotopic (exact) mass is 260 g/mol. The topological polar surface area (TPSA) is 63.1 Å². The molecule has 0 radical (unpaired) electrons. The minimum absolute atomic E-state index is 0.0767. The molecule has 0 amide bonds. The maximum atomic E-state index is 13.6. The molecule has 1 aromatic heterocycles. The SMILES string of the molecule is O=C(O)CCCc1nccc(-c2ccccc2F)n1. The minimum atomic E-state index is -0.842. The van der Waals surface area contributed by atoms with Crippen molar-refractivity contribution in [3.63, 3.8) is 0 Å². The lowest BCUT2D eigenvalue weighted by molar-refractivity contribution is -0.137. The molecule has 1 N–H and O–H groups in total. The molecule has 4 nitrogen and oxygen atoms in total. The molecule has 2 rings (SSSR count). The fourth-order valence-corrected chi connectivity index (χ4v) is 1.74. The first-order chi connectivity index (χ1) is 9.16. The Morgan fingerprint density at radius 2 is 2.05 bits per heavy atom. The summed E-state index contributed by atoms with van der Waals surface area (Å²) in [6.45, 7) is 0. The molecule has 5 heteroatoms. The Morgan fingerprint density at radius 3 is 2.79 bits per heavy atom. The predicted octanol–water partition coefficient (Wildman–Crippen LogP) is 2.69. The Balaban J connectivity index is 2.15. The lowest BCUT2D eigenvalue weighted by Gasteiger charge is -2.04. The second-order valence-electron chi connectivity index (χ2n) is 4.09. The van der Waals surface area contributed by atoms with E-state index in [0.29, 0.717) is 29.9 Å². The van der Waals surface area contributed by atoms with Gasteiger partial charge >= 0.3 is 5.97 Å². The zero-order valence-electron chi connectivity index (χ0n) is 10.2. The molecule has 0 aliphatic carbocycles. The van der Waals surface area contributed by atoms with E-state index in [1.807, 2.05) is 0 Å². The van der Waals surface area contributed by atoms with E-state index in [1.165, 1.54) is 6.07 Å². The van der Waals surface area contributed by atoms with Crippen molar-refractivity contribution in [1.29, 1.82) is 0 Å². The molecule has 0 saturated heterocycles. The minimum Gasteiger partial charge on any atom is -0.481 e. The smallest absolute Gasteiger partial charge is 0.303 e. The first-order valence-electron chi connectivity index (χ1n) is 5.95. The highest BCUT2D eigenvalue weighted by Gasteiger charge is 2.07. The van der Waals surface area contributed by atoms with Crippen molar-refractivity contribution in [1.82, 2.24) is 9.97 Å². The van der Waals surface area contributed by atoms with Crippen molar-refractivity contribution in [2.75, 3.05) is 0 Å². The first kappa shape index (κ1) is 13.1. The molecule has 0 spiro atoms. The van der Waals surface area contributed by atoms with Crippen LogP contribution in [-0.4, -0.2) is 21.0 Å². The second kappa shape index (κ2) is 6.04. The fourth-order valence-electron chi connectivity index (χ4n) is 1.74. The summed E-state index contributed by atoms with van der Waals surface area (Å²) in [4.78, 5) is 18.8. The molecule has 0 atom stereocenters. The van der Waals surface area contributed by atoms with Gasteiger partial charge in [0.1, 0.15) is 11.6 Å². The van der Waals surface area contributed by atoms with Crippen LogP contribution in [0.3, 0.4) is 0 Å². The molecular weight excluding hydrogens is 247 g/mol. The molecular formula is C14H13FN2O2. The van der Waals surface area contributed by atoms with Crippen LogP contribution in [0.15, 0.2) is 36.5 Å². The Morgan fingerprint density at radius 1 is 1.26 bits per heavy atom. The van der Waals surface area contributed by atoms with Gasteiger partial charge in [-0.1, -0.05) is 12.1 Å². The van der Waals surface area contributed by atoms with Crippen molar-refractivity contribution in [3.05, 3.63) is 48.2 Å². The zero-order valence-corrected chi connectivity index (χ0v) is 10.2. The van der Waals surface area contributed by atoms with Crippen LogP contribution < -0.4 is 0 Å². The van der Waals surface area contributed by atoms with E-state index in [9.17, 15) is 9.18 Å². The summed E-state index contributed by atoms with van der Waals surface area (Å²) in [6.07, 6.45) is 2.57. The lowest BCUT2D eigenvalue weighted by Crippen LogP contribution is -2.00. The van der Waals surface area contributed by atoms with Gasteiger partial charge in [0.25, 0.3) is 0 Å². The number of halogens is 1. The van der Waals surface area contributed by atoms with Crippen LogP contribution in [0, 0.1) is 5.82 Å². The first-order valence-corrected chi connectivity index (χ1v) is 5.95. The summed E-state index contributed by atoms with van der Waals surface area (Å²) >= 11 is 0. The van der Waals surface area contributed by atoms with Gasteiger partial charge < -0.3 is 5.11 Å². The van der Waals surface area contributed by atoms with Crippen LogP contribution in [-0.2, 0) is 11.2 Å². The van der Waals surface area contributed by atoms with Crippen molar-refractivity contribution in [2.45, 2.75) is 19.3 Å². The standard InChI is InChI=1S/C14H13FN2O2/c15-11-5-2-1-4-10(11)12-8-9-16-13(17-12)6-3-7-14(18)19/h1-2,4-5,8-9H,3,6-7H2,(H,18,19). The molecule has 0 bridgehead atoms. The molecule has 98 valence electrons. The van der Waals surface area contributed by atoms with Crippen molar-refractivity contribution in [2.24, 2.45) is 0 Å². The van der Waals surface area contributed by atoms with Gasteiger partial charge in [-0.25, -0.2) is 14.4 Å². The number of carboxylic acid groups (broad SMARTS) is 1. The van der Waals surface area contributed by atoms with Gasteiger partial charge in [-0.3, -0.25) is 4.79 Å². The fraction of sp³-hybridized carbons (Fsp3) is 0.214. The molecule has 0 aliphatic heterocycles. The van der Waals surface area contributed by atoms with E-state index in [4.69, 9.17) is 5.11 Å². The van der Waals surface area contributed by atoms with Crippen LogP contribution in [0.2, 0.25) is 0 Å². The Hall–Kier alpha value is -2.30. The van der Waals surface area contributed by atoms with E-state index in [0.717, 1.165) is 0 Å². The van der Waals surface area contributed by atoms with Crippen LogP contribution in [0.4, 0.5) is 4.39 Å². The third-order valence-corrected chi connectivity index (χ3v) is 2.65. The summed E-state index contributed by atoms with van der Waals surface area (Å²) in [6, 6.07) is 8.03. The lowest BCUT2D eigenvalue weighted by atomic mass is 10.1. The maximum absolute atomic E-state index is 13.6. The molecule has 1 heterocycles. The number of aryl methyl sites for hydroxylation is 1. The Bertz CT molecular complexity index is 587. The molecule has 0 fully saturated rings. The number of hydrogen-bond acceptors (Lipinski definition) is 3. The number of rotatable bonds is 5. The third-order valence-electron chi connectivity index (χ3n) is 2.65. The number of benzene rings is 1. The van der Waals surface area contributed by atoms with E-state index < -0.39 is 5.97 Å². The predicted molar refractivity (Wildman–Crippen MR) is 68.0 cm³/mol. The van der Waals surface area contributed by atoms with Crippen LogP contribution >= 0.6 is 0 Å². The number of aromatic nitrogens is 2. The normalized spacial score (nSPS) is 10.4. The van der Waals surface area contributed by atoms with Crippen molar-refractivity contribution in [3.8, 4) is 11.3 Å². The van der Waals surface area contributed by atoms with Crippen molar-refractivity contribution < 1.29 is 14.3 Å². The van der Waals surface area contributed by atoms with Gasteiger partial charge in [0.15, 0.2) is 0 Å². The maximum Gasteiger partial charge on any atom is 0.303 e. The molecule has 2 aromatic rings. The van der Waals surface area contributed by atoms with Gasteiger partial charge in [0.2, 0.25) is 0 Å². The molecule has 19 heavy (non-hydrogen) atoms. The molecule has 0 aliphatic rings.